The summed E-state index contributed by atoms with van der Waals surface area (Å²) in [7, 11) is 0. The Morgan fingerprint density at radius 2 is 1.62 bits per heavy atom. The summed E-state index contributed by atoms with van der Waals surface area (Å²) in [5.74, 6) is 0.593. The molecule has 2 aromatic carbocycles. The lowest BCUT2D eigenvalue weighted by Crippen LogP contribution is -2.32. The minimum absolute atomic E-state index is 0.00443. The van der Waals surface area contributed by atoms with E-state index in [1.54, 1.807) is 42.5 Å². The van der Waals surface area contributed by atoms with Gasteiger partial charge in [0.1, 0.15) is 5.75 Å². The van der Waals surface area contributed by atoms with Crippen LogP contribution in [-0.2, 0) is 0 Å². The molecule has 110 valence electrons. The minimum atomic E-state index is -0.473. The Morgan fingerprint density at radius 1 is 1.00 bits per heavy atom. The molecular weight excluding hydrogens is 335 g/mol. The quantitative estimate of drug-likeness (QED) is 0.782. The van der Waals surface area contributed by atoms with E-state index in [0.29, 0.717) is 26.5 Å². The third-order valence-electron chi connectivity index (χ3n) is 2.49. The highest BCUT2D eigenvalue weighted by Crippen LogP contribution is 2.29. The molecule has 0 aliphatic carbocycles. The maximum Gasteiger partial charge on any atom is 0.321 e. The highest BCUT2D eigenvalue weighted by molar-refractivity contribution is 6.39. The number of nitrogens with one attached hydrogen (secondary N) is 2. The van der Waals surface area contributed by atoms with Crippen molar-refractivity contribution < 1.29 is 9.53 Å². The summed E-state index contributed by atoms with van der Waals surface area (Å²) < 4.78 is 5.33. The predicted octanol–water partition coefficient (Wildman–Crippen LogP) is 4.80. The zero-order valence-electron chi connectivity index (χ0n) is 10.7. The van der Waals surface area contributed by atoms with E-state index < -0.39 is 6.03 Å². The number of urea groups is 1. The van der Waals surface area contributed by atoms with Crippen LogP contribution in [-0.4, -0.2) is 12.8 Å². The van der Waals surface area contributed by atoms with Gasteiger partial charge in [0.25, 0.3) is 0 Å². The van der Waals surface area contributed by atoms with Crippen LogP contribution in [0, 0.1) is 0 Å². The number of anilines is 1. The summed E-state index contributed by atoms with van der Waals surface area (Å²) >= 11 is 17.7. The van der Waals surface area contributed by atoms with Gasteiger partial charge in [-0.25, -0.2) is 4.79 Å². The van der Waals surface area contributed by atoms with Gasteiger partial charge in [0, 0.05) is 5.02 Å². The second kappa shape index (κ2) is 7.41. The molecule has 0 fully saturated rings. The molecule has 0 atom stereocenters. The standard InChI is InChI=1S/C14H11Cl3N2O2/c15-9-4-6-10(7-5-9)21-8-18-14(20)19-13-11(16)2-1-3-12(13)17/h1-7H,8H2,(H2,18,19,20). The summed E-state index contributed by atoms with van der Waals surface area (Å²) in [6.07, 6.45) is 0. The lowest BCUT2D eigenvalue weighted by Gasteiger charge is -2.11. The van der Waals surface area contributed by atoms with Crippen LogP contribution < -0.4 is 15.4 Å². The maximum absolute atomic E-state index is 11.7. The summed E-state index contributed by atoms with van der Waals surface area (Å²) in [4.78, 5) is 11.7. The summed E-state index contributed by atoms with van der Waals surface area (Å²) in [6.45, 7) is -0.00443. The Morgan fingerprint density at radius 3 is 2.24 bits per heavy atom. The largest absolute Gasteiger partial charge is 0.473 e. The summed E-state index contributed by atoms with van der Waals surface area (Å²) in [5.41, 5.74) is 0.352. The van der Waals surface area contributed by atoms with Crippen molar-refractivity contribution in [1.82, 2.24) is 5.32 Å². The molecule has 2 N–H and O–H groups in total. The van der Waals surface area contributed by atoms with Crippen LogP contribution >= 0.6 is 34.8 Å². The second-order valence-electron chi connectivity index (χ2n) is 3.97. The third-order valence-corrected chi connectivity index (χ3v) is 3.37. The first kappa shape index (κ1) is 15.8. The van der Waals surface area contributed by atoms with Crippen LogP contribution in [0.3, 0.4) is 0 Å². The molecule has 2 amide bonds. The first-order chi connectivity index (χ1) is 10.1. The third kappa shape index (κ3) is 4.70. The molecule has 4 nitrogen and oxygen atoms in total. The number of para-hydroxylation sites is 1. The highest BCUT2D eigenvalue weighted by atomic mass is 35.5. The molecule has 21 heavy (non-hydrogen) atoms. The SMILES string of the molecule is O=C(NCOc1ccc(Cl)cc1)Nc1c(Cl)cccc1Cl. The van der Waals surface area contributed by atoms with Crippen molar-refractivity contribution in [2.45, 2.75) is 0 Å². The fourth-order valence-electron chi connectivity index (χ4n) is 1.49. The fourth-order valence-corrected chi connectivity index (χ4v) is 2.11. The molecule has 0 saturated heterocycles. The van der Waals surface area contributed by atoms with Crippen molar-refractivity contribution in [1.29, 1.82) is 0 Å². The van der Waals surface area contributed by atoms with Crippen LogP contribution in [0.4, 0.5) is 10.5 Å². The van der Waals surface area contributed by atoms with Gasteiger partial charge >= 0.3 is 6.03 Å². The smallest absolute Gasteiger partial charge is 0.321 e. The lowest BCUT2D eigenvalue weighted by molar-refractivity contribution is 0.234. The number of rotatable bonds is 4. The number of ether oxygens (including phenoxy) is 1. The number of carbonyl (C=O) groups excluding carboxylic acids is 1. The Labute approximate surface area is 137 Å². The lowest BCUT2D eigenvalue weighted by atomic mass is 10.3. The van der Waals surface area contributed by atoms with Crippen LogP contribution in [0.25, 0.3) is 0 Å². The number of carbonyl (C=O) groups is 1. The van der Waals surface area contributed by atoms with E-state index in [0.717, 1.165) is 0 Å². The van der Waals surface area contributed by atoms with E-state index >= 15 is 0 Å². The van der Waals surface area contributed by atoms with Crippen molar-refractivity contribution in [2.75, 3.05) is 12.0 Å². The van der Waals surface area contributed by atoms with Gasteiger partial charge in [-0.3, -0.25) is 0 Å². The van der Waals surface area contributed by atoms with E-state index in [9.17, 15) is 4.79 Å². The van der Waals surface area contributed by atoms with Crippen LogP contribution in [0.2, 0.25) is 15.1 Å². The average Bonchev–Trinajstić information content (AvgIpc) is 2.45. The molecule has 2 rings (SSSR count). The van der Waals surface area contributed by atoms with Gasteiger partial charge in [0.15, 0.2) is 6.73 Å². The number of benzene rings is 2. The van der Waals surface area contributed by atoms with E-state index in [4.69, 9.17) is 39.5 Å². The van der Waals surface area contributed by atoms with Crippen molar-refractivity contribution in [2.24, 2.45) is 0 Å². The van der Waals surface area contributed by atoms with Crippen LogP contribution in [0.5, 0.6) is 5.75 Å². The Kier molecular flexibility index (Phi) is 5.56. The van der Waals surface area contributed by atoms with Gasteiger partial charge < -0.3 is 15.4 Å². The van der Waals surface area contributed by atoms with Crippen molar-refractivity contribution >= 4 is 46.5 Å². The van der Waals surface area contributed by atoms with E-state index in [-0.39, 0.29) is 6.73 Å². The maximum atomic E-state index is 11.7. The number of halogens is 3. The molecule has 0 radical (unpaired) electrons. The van der Waals surface area contributed by atoms with Crippen molar-refractivity contribution in [3.63, 3.8) is 0 Å². The first-order valence-electron chi connectivity index (χ1n) is 5.93. The monoisotopic (exact) mass is 344 g/mol. The Bertz CT molecular complexity index is 612. The van der Waals surface area contributed by atoms with Gasteiger partial charge in [0.2, 0.25) is 0 Å². The van der Waals surface area contributed by atoms with Gasteiger partial charge in [-0.05, 0) is 36.4 Å². The molecule has 0 heterocycles. The van der Waals surface area contributed by atoms with Crippen molar-refractivity contribution in [3.8, 4) is 5.75 Å². The van der Waals surface area contributed by atoms with Gasteiger partial charge in [-0.2, -0.15) is 0 Å². The topological polar surface area (TPSA) is 50.4 Å². The second-order valence-corrected chi connectivity index (χ2v) is 5.22. The van der Waals surface area contributed by atoms with Gasteiger partial charge in [-0.1, -0.05) is 40.9 Å². The minimum Gasteiger partial charge on any atom is -0.473 e. The Balaban J connectivity index is 1.84. The van der Waals surface area contributed by atoms with Crippen molar-refractivity contribution in [3.05, 3.63) is 57.5 Å². The van der Waals surface area contributed by atoms with Gasteiger partial charge in [-0.15, -0.1) is 0 Å². The molecule has 0 saturated carbocycles. The number of hydrogen-bond donors (Lipinski definition) is 2. The molecule has 0 unspecified atom stereocenters. The zero-order chi connectivity index (χ0) is 15.2. The summed E-state index contributed by atoms with van der Waals surface area (Å²) in [6, 6.07) is 11.3. The molecule has 2 aromatic rings. The predicted molar refractivity (Wildman–Crippen MR) is 85.6 cm³/mol. The van der Waals surface area contributed by atoms with Crippen LogP contribution in [0.15, 0.2) is 42.5 Å². The summed E-state index contributed by atoms with van der Waals surface area (Å²) in [5, 5.41) is 6.41. The molecule has 0 aromatic heterocycles. The number of amides is 2. The number of hydrogen-bond acceptors (Lipinski definition) is 2. The molecular formula is C14H11Cl3N2O2. The van der Waals surface area contributed by atoms with E-state index in [1.165, 1.54) is 0 Å². The molecule has 0 aliphatic rings. The first-order valence-corrected chi connectivity index (χ1v) is 7.07. The van der Waals surface area contributed by atoms with Gasteiger partial charge in [0.05, 0.1) is 15.7 Å². The Hall–Kier alpha value is -1.62. The molecule has 0 aliphatic heterocycles. The van der Waals surface area contributed by atoms with E-state index in [2.05, 4.69) is 10.6 Å². The average molecular weight is 346 g/mol. The van der Waals surface area contributed by atoms with Crippen LogP contribution in [0.1, 0.15) is 0 Å². The molecule has 0 spiro atoms. The van der Waals surface area contributed by atoms with E-state index in [1.807, 2.05) is 0 Å². The zero-order valence-corrected chi connectivity index (χ0v) is 13.0. The fraction of sp³-hybridized carbons (Fsp3) is 0.0714. The highest BCUT2D eigenvalue weighted by Gasteiger charge is 2.08. The molecule has 7 heteroatoms. The molecule has 0 bridgehead atoms. The normalized spacial score (nSPS) is 10.0.